The second kappa shape index (κ2) is 9.12. The van der Waals surface area contributed by atoms with Gasteiger partial charge in [-0.25, -0.2) is 18.4 Å². The Morgan fingerprint density at radius 2 is 1.72 bits per heavy atom. The SMILES string of the molecule is N#Cc1c(N)c(C#N)c(-c2ccc(F)cc2F)c(-n2ccnc2)c1-c1cn(Cc2ccccc2)nn1. The van der Waals surface area contributed by atoms with Crippen LogP contribution in [0, 0.1) is 34.3 Å². The van der Waals surface area contributed by atoms with Gasteiger partial charge in [-0.2, -0.15) is 10.5 Å². The topological polar surface area (TPSA) is 122 Å². The molecule has 0 spiro atoms. The Labute approximate surface area is 204 Å². The fraction of sp³-hybridized carbons (Fsp3) is 0.0385. The quantitative estimate of drug-likeness (QED) is 0.373. The third-order valence-corrected chi connectivity index (χ3v) is 5.68. The van der Waals surface area contributed by atoms with Crippen LogP contribution in [-0.2, 0) is 6.54 Å². The second-order valence-electron chi connectivity index (χ2n) is 7.87. The van der Waals surface area contributed by atoms with Crippen molar-refractivity contribution in [2.75, 3.05) is 5.73 Å². The summed E-state index contributed by atoms with van der Waals surface area (Å²) >= 11 is 0. The van der Waals surface area contributed by atoms with Gasteiger partial charge in [-0.15, -0.1) is 5.10 Å². The average Bonchev–Trinajstić information content (AvgIpc) is 3.57. The van der Waals surface area contributed by atoms with Crippen molar-refractivity contribution in [3.63, 3.8) is 0 Å². The van der Waals surface area contributed by atoms with E-state index in [2.05, 4.69) is 21.4 Å². The van der Waals surface area contributed by atoms with Crippen LogP contribution in [0.15, 0.2) is 73.4 Å². The van der Waals surface area contributed by atoms with Gasteiger partial charge in [0, 0.05) is 35.2 Å². The maximum atomic E-state index is 15.1. The molecule has 2 aromatic heterocycles. The Bertz CT molecular complexity index is 1660. The minimum absolute atomic E-state index is 0.0201. The van der Waals surface area contributed by atoms with E-state index < -0.39 is 11.6 Å². The molecule has 5 rings (SSSR count). The van der Waals surface area contributed by atoms with Gasteiger partial charge in [0.1, 0.15) is 29.5 Å². The van der Waals surface area contributed by atoms with E-state index in [-0.39, 0.29) is 44.9 Å². The standard InChI is InChI=1S/C26H16F2N8/c27-17-6-7-18(21(28)10-17)23-19(11-29)25(31)20(12-30)24(26(23)35-9-8-32-15-35)22-14-36(34-33-22)13-16-4-2-1-3-5-16/h1-10,14-15H,13,31H2. The van der Waals surface area contributed by atoms with Crippen molar-refractivity contribution < 1.29 is 8.78 Å². The van der Waals surface area contributed by atoms with E-state index in [1.165, 1.54) is 23.2 Å². The molecule has 174 valence electrons. The summed E-state index contributed by atoms with van der Waals surface area (Å²) in [5.41, 5.74) is 7.77. The molecule has 10 heteroatoms. The summed E-state index contributed by atoms with van der Waals surface area (Å²) in [6, 6.07) is 16.7. The molecule has 0 saturated heterocycles. The van der Waals surface area contributed by atoms with Gasteiger partial charge in [-0.05, 0) is 17.7 Å². The number of hydrogen-bond donors (Lipinski definition) is 1. The smallest absolute Gasteiger partial charge is 0.134 e. The molecule has 0 aliphatic rings. The lowest BCUT2D eigenvalue weighted by Gasteiger charge is -2.20. The van der Waals surface area contributed by atoms with Crippen molar-refractivity contribution in [1.82, 2.24) is 24.5 Å². The average molecular weight is 478 g/mol. The third-order valence-electron chi connectivity index (χ3n) is 5.68. The van der Waals surface area contributed by atoms with Gasteiger partial charge in [-0.3, -0.25) is 0 Å². The molecule has 36 heavy (non-hydrogen) atoms. The number of nitrogens with two attached hydrogens (primary N) is 1. The first-order chi connectivity index (χ1) is 17.5. The number of rotatable bonds is 5. The molecule has 3 aromatic carbocycles. The number of nitrogen functional groups attached to an aromatic ring is 1. The number of nitriles is 2. The van der Waals surface area contributed by atoms with E-state index in [4.69, 9.17) is 5.73 Å². The number of halogens is 2. The zero-order valence-electron chi connectivity index (χ0n) is 18.6. The Morgan fingerprint density at radius 3 is 2.39 bits per heavy atom. The molecule has 0 saturated carbocycles. The molecule has 0 aliphatic carbocycles. The molecule has 2 heterocycles. The van der Waals surface area contributed by atoms with Crippen molar-refractivity contribution in [3.05, 3.63) is 102 Å². The van der Waals surface area contributed by atoms with Crippen LogP contribution in [0.4, 0.5) is 14.5 Å². The normalized spacial score (nSPS) is 10.7. The Morgan fingerprint density at radius 1 is 0.972 bits per heavy atom. The molecule has 0 amide bonds. The van der Waals surface area contributed by atoms with Crippen LogP contribution < -0.4 is 5.73 Å². The highest BCUT2D eigenvalue weighted by Crippen LogP contribution is 2.44. The van der Waals surface area contributed by atoms with Crippen molar-refractivity contribution >= 4 is 5.69 Å². The zero-order chi connectivity index (χ0) is 25.2. The molecule has 8 nitrogen and oxygen atoms in total. The van der Waals surface area contributed by atoms with Crippen LogP contribution in [0.3, 0.4) is 0 Å². The molecular formula is C26H16F2N8. The molecule has 0 atom stereocenters. The van der Waals surface area contributed by atoms with E-state index in [0.29, 0.717) is 6.54 Å². The summed E-state index contributed by atoms with van der Waals surface area (Å²) in [6.45, 7) is 0.418. The summed E-state index contributed by atoms with van der Waals surface area (Å²) in [4.78, 5) is 4.07. The van der Waals surface area contributed by atoms with Crippen LogP contribution in [0.25, 0.3) is 28.1 Å². The van der Waals surface area contributed by atoms with Crippen LogP contribution in [0.1, 0.15) is 16.7 Å². The summed E-state index contributed by atoms with van der Waals surface area (Å²) < 4.78 is 31.9. The Hall–Kier alpha value is -5.35. The lowest BCUT2D eigenvalue weighted by Crippen LogP contribution is -2.08. The summed E-state index contributed by atoms with van der Waals surface area (Å²) in [5.74, 6) is -1.67. The highest BCUT2D eigenvalue weighted by atomic mass is 19.1. The highest BCUT2D eigenvalue weighted by molar-refractivity contribution is 5.96. The number of hydrogen-bond acceptors (Lipinski definition) is 6. The predicted octanol–water partition coefficient (Wildman–Crippen LogP) is 4.45. The molecular weight excluding hydrogens is 462 g/mol. The number of aromatic nitrogens is 5. The van der Waals surface area contributed by atoms with Gasteiger partial charge < -0.3 is 10.3 Å². The zero-order valence-corrected chi connectivity index (χ0v) is 18.6. The maximum Gasteiger partial charge on any atom is 0.134 e. The summed E-state index contributed by atoms with van der Waals surface area (Å²) in [5, 5.41) is 28.5. The fourth-order valence-corrected chi connectivity index (χ4v) is 4.10. The van der Waals surface area contributed by atoms with Crippen LogP contribution in [0.2, 0.25) is 0 Å². The lowest BCUT2D eigenvalue weighted by molar-refractivity contribution is 0.585. The monoisotopic (exact) mass is 478 g/mol. The van der Waals surface area contributed by atoms with E-state index in [0.717, 1.165) is 17.7 Å². The molecule has 0 unspecified atom stereocenters. The second-order valence-corrected chi connectivity index (χ2v) is 7.87. The van der Waals surface area contributed by atoms with Gasteiger partial charge >= 0.3 is 0 Å². The minimum Gasteiger partial charge on any atom is -0.397 e. The first-order valence-electron chi connectivity index (χ1n) is 10.7. The predicted molar refractivity (Wildman–Crippen MR) is 127 cm³/mol. The number of anilines is 1. The van der Waals surface area contributed by atoms with Crippen molar-refractivity contribution in [2.24, 2.45) is 0 Å². The first kappa shape index (κ1) is 22.4. The van der Waals surface area contributed by atoms with Gasteiger partial charge in [0.05, 0.1) is 41.6 Å². The fourth-order valence-electron chi connectivity index (χ4n) is 4.10. The van der Waals surface area contributed by atoms with Gasteiger partial charge in [0.2, 0.25) is 0 Å². The van der Waals surface area contributed by atoms with Crippen molar-refractivity contribution in [1.29, 1.82) is 10.5 Å². The maximum absolute atomic E-state index is 15.1. The van der Waals surface area contributed by atoms with E-state index in [9.17, 15) is 14.9 Å². The molecule has 0 aliphatic heterocycles. The summed E-state index contributed by atoms with van der Waals surface area (Å²) in [7, 11) is 0. The minimum atomic E-state index is -0.893. The number of nitrogens with zero attached hydrogens (tertiary/aromatic N) is 7. The van der Waals surface area contributed by atoms with E-state index in [1.807, 2.05) is 36.4 Å². The van der Waals surface area contributed by atoms with E-state index >= 15 is 4.39 Å². The first-order valence-corrected chi connectivity index (χ1v) is 10.7. The van der Waals surface area contributed by atoms with Gasteiger partial charge in [0.25, 0.3) is 0 Å². The molecule has 0 fully saturated rings. The largest absolute Gasteiger partial charge is 0.397 e. The van der Waals surface area contributed by atoms with Crippen LogP contribution >= 0.6 is 0 Å². The molecule has 0 bridgehead atoms. The van der Waals surface area contributed by atoms with Crippen molar-refractivity contribution in [3.8, 4) is 40.2 Å². The molecule has 0 radical (unpaired) electrons. The van der Waals surface area contributed by atoms with Gasteiger partial charge in [-0.1, -0.05) is 35.5 Å². The summed E-state index contributed by atoms with van der Waals surface area (Å²) in [6.07, 6.45) is 6.16. The number of imidazole rings is 1. The highest BCUT2D eigenvalue weighted by Gasteiger charge is 2.28. The molecule has 2 N–H and O–H groups in total. The van der Waals surface area contributed by atoms with E-state index in [1.54, 1.807) is 17.1 Å². The van der Waals surface area contributed by atoms with Crippen molar-refractivity contribution in [2.45, 2.75) is 6.54 Å². The Balaban J connectivity index is 1.83. The Kier molecular flexibility index (Phi) is 5.69. The lowest BCUT2D eigenvalue weighted by atomic mass is 9.88. The number of benzene rings is 3. The van der Waals surface area contributed by atoms with Crippen LogP contribution in [0.5, 0.6) is 0 Å². The van der Waals surface area contributed by atoms with Crippen LogP contribution in [-0.4, -0.2) is 24.5 Å². The van der Waals surface area contributed by atoms with Gasteiger partial charge in [0.15, 0.2) is 0 Å². The third kappa shape index (κ3) is 3.83. The molecule has 5 aromatic rings.